The molecule has 0 spiro atoms. The SMILES string of the molecule is COCC(C)NC(=S)N1CCCC(C)(OC)C1. The fourth-order valence-corrected chi connectivity index (χ4v) is 2.50. The smallest absolute Gasteiger partial charge is 0.169 e. The number of piperidine rings is 1. The Bertz CT molecular complexity index is 263. The Morgan fingerprint density at radius 1 is 1.53 bits per heavy atom. The number of nitrogens with zero attached hydrogens (tertiary/aromatic N) is 1. The first-order chi connectivity index (χ1) is 8.00. The van der Waals surface area contributed by atoms with Crippen molar-refractivity contribution in [1.29, 1.82) is 0 Å². The minimum Gasteiger partial charge on any atom is -0.383 e. The largest absolute Gasteiger partial charge is 0.383 e. The van der Waals surface area contributed by atoms with Crippen molar-refractivity contribution in [1.82, 2.24) is 10.2 Å². The van der Waals surface area contributed by atoms with E-state index in [0.717, 1.165) is 31.0 Å². The van der Waals surface area contributed by atoms with Crippen molar-refractivity contribution in [3.8, 4) is 0 Å². The van der Waals surface area contributed by atoms with Crippen molar-refractivity contribution in [3.05, 3.63) is 0 Å². The maximum Gasteiger partial charge on any atom is 0.169 e. The summed E-state index contributed by atoms with van der Waals surface area (Å²) in [5.74, 6) is 0. The zero-order valence-corrected chi connectivity index (χ0v) is 12.1. The third kappa shape index (κ3) is 4.41. The molecule has 100 valence electrons. The number of nitrogens with one attached hydrogen (secondary N) is 1. The predicted octanol–water partition coefficient (Wildman–Crippen LogP) is 1.40. The van der Waals surface area contributed by atoms with Crippen LogP contribution in [0.5, 0.6) is 0 Å². The number of ether oxygens (including phenoxy) is 2. The number of thiocarbonyl (C=S) groups is 1. The second kappa shape index (κ2) is 6.52. The average molecular weight is 260 g/mol. The standard InChI is InChI=1S/C12H24N2O2S/c1-10(8-15-3)13-11(17)14-7-5-6-12(2,9-14)16-4/h10H,5-9H2,1-4H3,(H,13,17). The van der Waals surface area contributed by atoms with Gasteiger partial charge in [-0.15, -0.1) is 0 Å². The Morgan fingerprint density at radius 3 is 2.82 bits per heavy atom. The van der Waals surface area contributed by atoms with Gasteiger partial charge in [-0.3, -0.25) is 0 Å². The molecule has 0 aromatic carbocycles. The Morgan fingerprint density at radius 2 is 2.24 bits per heavy atom. The molecule has 2 unspecified atom stereocenters. The van der Waals surface area contributed by atoms with Gasteiger partial charge >= 0.3 is 0 Å². The molecule has 1 fully saturated rings. The van der Waals surface area contributed by atoms with E-state index in [1.54, 1.807) is 14.2 Å². The molecule has 0 amide bonds. The molecule has 4 nitrogen and oxygen atoms in total. The maximum atomic E-state index is 5.56. The number of hydrogen-bond donors (Lipinski definition) is 1. The van der Waals surface area contributed by atoms with Gasteiger partial charge in [0.05, 0.1) is 12.2 Å². The molecule has 0 aromatic rings. The van der Waals surface area contributed by atoms with Crippen LogP contribution in [0.25, 0.3) is 0 Å². The summed E-state index contributed by atoms with van der Waals surface area (Å²) in [6, 6.07) is 0.239. The molecule has 2 atom stereocenters. The Balaban J connectivity index is 2.46. The van der Waals surface area contributed by atoms with Gasteiger partial charge in [0.1, 0.15) is 0 Å². The first kappa shape index (κ1) is 14.7. The summed E-state index contributed by atoms with van der Waals surface area (Å²) in [6.45, 7) is 6.73. The van der Waals surface area contributed by atoms with Gasteiger partial charge in [-0.05, 0) is 38.9 Å². The number of likely N-dealkylation sites (tertiary alicyclic amines) is 1. The van der Waals surface area contributed by atoms with Crippen LogP contribution in [0.3, 0.4) is 0 Å². The number of rotatable bonds is 4. The van der Waals surface area contributed by atoms with Crippen molar-refractivity contribution < 1.29 is 9.47 Å². The molecule has 0 saturated carbocycles. The van der Waals surface area contributed by atoms with Crippen molar-refractivity contribution in [2.24, 2.45) is 0 Å². The molecule has 1 aliphatic rings. The summed E-state index contributed by atoms with van der Waals surface area (Å²) in [5.41, 5.74) is -0.0749. The zero-order valence-electron chi connectivity index (χ0n) is 11.3. The lowest BCUT2D eigenvalue weighted by Crippen LogP contribution is -2.54. The summed E-state index contributed by atoms with van der Waals surface area (Å²) < 4.78 is 10.6. The lowest BCUT2D eigenvalue weighted by atomic mass is 9.95. The number of hydrogen-bond acceptors (Lipinski definition) is 3. The van der Waals surface area contributed by atoms with E-state index in [1.165, 1.54) is 0 Å². The molecule has 5 heteroatoms. The average Bonchev–Trinajstić information content (AvgIpc) is 2.29. The van der Waals surface area contributed by atoms with Crippen LogP contribution in [0, 0.1) is 0 Å². The summed E-state index contributed by atoms with van der Waals surface area (Å²) >= 11 is 5.42. The molecular formula is C12H24N2O2S. The van der Waals surface area contributed by atoms with Crippen LogP contribution < -0.4 is 5.32 Å². The fraction of sp³-hybridized carbons (Fsp3) is 0.917. The van der Waals surface area contributed by atoms with Crippen molar-refractivity contribution in [2.75, 3.05) is 33.9 Å². The quantitative estimate of drug-likeness (QED) is 0.773. The van der Waals surface area contributed by atoms with E-state index in [2.05, 4.69) is 24.1 Å². The minimum absolute atomic E-state index is 0.0749. The lowest BCUT2D eigenvalue weighted by molar-refractivity contribution is -0.0351. The maximum absolute atomic E-state index is 5.56. The normalized spacial score (nSPS) is 26.7. The third-order valence-corrected chi connectivity index (χ3v) is 3.60. The highest BCUT2D eigenvalue weighted by atomic mass is 32.1. The lowest BCUT2D eigenvalue weighted by Gasteiger charge is -2.41. The van der Waals surface area contributed by atoms with Crippen LogP contribution in [0.15, 0.2) is 0 Å². The van der Waals surface area contributed by atoms with Crippen LogP contribution in [-0.4, -0.2) is 55.6 Å². The Hall–Kier alpha value is -0.390. The molecule has 1 N–H and O–H groups in total. The van der Waals surface area contributed by atoms with Gasteiger partial charge in [-0.2, -0.15) is 0 Å². The second-order valence-electron chi connectivity index (χ2n) is 4.99. The van der Waals surface area contributed by atoms with E-state index >= 15 is 0 Å². The predicted molar refractivity (Wildman–Crippen MR) is 73.3 cm³/mol. The molecule has 1 heterocycles. The van der Waals surface area contributed by atoms with Crippen LogP contribution in [0.2, 0.25) is 0 Å². The third-order valence-electron chi connectivity index (χ3n) is 3.23. The minimum atomic E-state index is -0.0749. The highest BCUT2D eigenvalue weighted by Gasteiger charge is 2.31. The van der Waals surface area contributed by atoms with Gasteiger partial charge in [0.15, 0.2) is 5.11 Å². The van der Waals surface area contributed by atoms with Crippen LogP contribution >= 0.6 is 12.2 Å². The van der Waals surface area contributed by atoms with Crippen LogP contribution in [0.4, 0.5) is 0 Å². The van der Waals surface area contributed by atoms with Crippen LogP contribution in [-0.2, 0) is 9.47 Å². The zero-order chi connectivity index (χ0) is 12.9. The van der Waals surface area contributed by atoms with E-state index in [0.29, 0.717) is 6.61 Å². The van der Waals surface area contributed by atoms with Gasteiger partial charge in [-0.25, -0.2) is 0 Å². The molecular weight excluding hydrogens is 236 g/mol. The van der Waals surface area contributed by atoms with Gasteiger partial charge in [0, 0.05) is 33.4 Å². The topological polar surface area (TPSA) is 33.7 Å². The summed E-state index contributed by atoms with van der Waals surface area (Å²) in [5, 5.41) is 4.09. The van der Waals surface area contributed by atoms with E-state index in [4.69, 9.17) is 21.7 Å². The second-order valence-corrected chi connectivity index (χ2v) is 5.37. The van der Waals surface area contributed by atoms with Gasteiger partial charge in [0.25, 0.3) is 0 Å². The van der Waals surface area contributed by atoms with E-state index < -0.39 is 0 Å². The first-order valence-electron chi connectivity index (χ1n) is 6.10. The molecule has 1 rings (SSSR count). The summed E-state index contributed by atoms with van der Waals surface area (Å²) in [4.78, 5) is 2.19. The van der Waals surface area contributed by atoms with Crippen LogP contribution in [0.1, 0.15) is 26.7 Å². The summed E-state index contributed by atoms with van der Waals surface area (Å²) in [6.07, 6.45) is 2.21. The van der Waals surface area contributed by atoms with Crippen molar-refractivity contribution in [2.45, 2.75) is 38.3 Å². The fourth-order valence-electron chi connectivity index (χ4n) is 2.14. The Kier molecular flexibility index (Phi) is 5.62. The Labute approximate surface area is 110 Å². The molecule has 0 radical (unpaired) electrons. The molecule has 0 bridgehead atoms. The van der Waals surface area contributed by atoms with Crippen molar-refractivity contribution >= 4 is 17.3 Å². The van der Waals surface area contributed by atoms with Gasteiger partial charge in [0.2, 0.25) is 0 Å². The first-order valence-corrected chi connectivity index (χ1v) is 6.51. The molecule has 17 heavy (non-hydrogen) atoms. The highest BCUT2D eigenvalue weighted by molar-refractivity contribution is 7.80. The number of methoxy groups -OCH3 is 2. The van der Waals surface area contributed by atoms with Crippen molar-refractivity contribution in [3.63, 3.8) is 0 Å². The monoisotopic (exact) mass is 260 g/mol. The molecule has 1 aliphatic heterocycles. The molecule has 0 aliphatic carbocycles. The van der Waals surface area contributed by atoms with Gasteiger partial charge in [-0.1, -0.05) is 0 Å². The molecule has 0 aromatic heterocycles. The van der Waals surface area contributed by atoms with Gasteiger partial charge < -0.3 is 19.7 Å². The van der Waals surface area contributed by atoms with E-state index in [-0.39, 0.29) is 11.6 Å². The van der Waals surface area contributed by atoms with E-state index in [1.807, 2.05) is 0 Å². The highest BCUT2D eigenvalue weighted by Crippen LogP contribution is 2.23. The molecule has 1 saturated heterocycles. The van der Waals surface area contributed by atoms with E-state index in [9.17, 15) is 0 Å². The summed E-state index contributed by atoms with van der Waals surface area (Å²) in [7, 11) is 3.47.